The molecule has 0 aliphatic carbocycles. The summed E-state index contributed by atoms with van der Waals surface area (Å²) in [4.78, 5) is 14.1. The zero-order valence-corrected chi connectivity index (χ0v) is 17.9. The minimum Gasteiger partial charge on any atom is -0.357 e. The Morgan fingerprint density at radius 1 is 1.28 bits per heavy atom. The molecule has 2 aliphatic heterocycles. The maximum atomic E-state index is 4.91. The lowest BCUT2D eigenvalue weighted by molar-refractivity contribution is 0.189. The number of piperidine rings is 1. The molecule has 1 aromatic heterocycles. The fourth-order valence-corrected chi connectivity index (χ4v) is 3.82. The lowest BCUT2D eigenvalue weighted by Crippen LogP contribution is -2.49. The largest absolute Gasteiger partial charge is 0.357 e. The first kappa shape index (κ1) is 20.5. The van der Waals surface area contributed by atoms with Crippen LogP contribution in [-0.2, 0) is 0 Å². The van der Waals surface area contributed by atoms with Crippen molar-refractivity contribution in [3.8, 4) is 0 Å². The van der Waals surface area contributed by atoms with Gasteiger partial charge in [0.1, 0.15) is 0 Å². The Morgan fingerprint density at radius 2 is 2.08 bits per heavy atom. The summed E-state index contributed by atoms with van der Waals surface area (Å²) in [7, 11) is 0. The highest BCUT2D eigenvalue weighted by atomic mass is 127. The molecule has 2 unspecified atom stereocenters. The fraction of sp³-hybridized carbons (Fsp3) is 0.778. The van der Waals surface area contributed by atoms with Gasteiger partial charge in [-0.2, -0.15) is 0 Å². The van der Waals surface area contributed by atoms with Crippen LogP contribution in [-0.4, -0.2) is 71.1 Å². The number of nitrogens with zero attached hydrogens (tertiary/aromatic N) is 5. The van der Waals surface area contributed by atoms with Crippen LogP contribution in [0.5, 0.6) is 0 Å². The fourth-order valence-electron chi connectivity index (χ4n) is 3.82. The highest BCUT2D eigenvalue weighted by Crippen LogP contribution is 2.27. The number of hydrogen-bond donors (Lipinski definition) is 1. The molecule has 0 amide bonds. The van der Waals surface area contributed by atoms with Crippen molar-refractivity contribution in [2.24, 2.45) is 10.9 Å². The molecule has 0 radical (unpaired) electrons. The summed E-state index contributed by atoms with van der Waals surface area (Å²) in [6, 6.07) is 0.476. The smallest absolute Gasteiger partial charge is 0.194 e. The van der Waals surface area contributed by atoms with Gasteiger partial charge in [-0.1, -0.05) is 6.92 Å². The van der Waals surface area contributed by atoms with E-state index in [1.165, 1.54) is 32.4 Å². The third-order valence-electron chi connectivity index (χ3n) is 5.34. The first-order valence-electron chi connectivity index (χ1n) is 9.51. The summed E-state index contributed by atoms with van der Waals surface area (Å²) in [5, 5.41) is 3.49. The van der Waals surface area contributed by atoms with Crippen molar-refractivity contribution in [2.45, 2.75) is 39.2 Å². The molecule has 2 saturated heterocycles. The van der Waals surface area contributed by atoms with E-state index in [2.05, 4.69) is 44.7 Å². The van der Waals surface area contributed by atoms with Gasteiger partial charge in [-0.15, -0.1) is 24.0 Å². The number of nitrogens with one attached hydrogen (secondary N) is 1. The number of halogens is 1. The molecule has 0 bridgehead atoms. The van der Waals surface area contributed by atoms with Crippen LogP contribution in [0.1, 0.15) is 39.2 Å². The molecule has 7 heteroatoms. The quantitative estimate of drug-likeness (QED) is 0.417. The normalized spacial score (nSPS) is 25.0. The molecule has 6 nitrogen and oxygen atoms in total. The van der Waals surface area contributed by atoms with Crippen molar-refractivity contribution < 1.29 is 0 Å². The monoisotopic (exact) mass is 460 g/mol. The number of hydrogen-bond acceptors (Lipinski definition) is 3. The Hall–Kier alpha value is -0.830. The first-order chi connectivity index (χ1) is 11.8. The third kappa shape index (κ3) is 5.57. The van der Waals surface area contributed by atoms with Crippen LogP contribution in [0.4, 0.5) is 0 Å². The molecule has 2 fully saturated rings. The summed E-state index contributed by atoms with van der Waals surface area (Å²) in [6.07, 6.45) is 9.80. The minimum absolute atomic E-state index is 0. The highest BCUT2D eigenvalue weighted by molar-refractivity contribution is 14.0. The molecule has 142 valence electrons. The van der Waals surface area contributed by atoms with E-state index in [1.54, 1.807) is 0 Å². The second kappa shape index (κ2) is 10.4. The summed E-state index contributed by atoms with van der Waals surface area (Å²) in [6.45, 7) is 12.0. The molecule has 2 aliphatic rings. The standard InChI is InChI=1S/C18H32N6.HI/c1-3-20-18(21-8-12-22-9-4-5-10-22)23-11-6-16(2)17(14-23)24-13-7-19-15-24;/h7,13,15-17H,3-6,8-12,14H2,1-2H3,(H,20,21);1H. The van der Waals surface area contributed by atoms with Crippen molar-refractivity contribution >= 4 is 29.9 Å². The number of rotatable bonds is 5. The van der Waals surface area contributed by atoms with E-state index >= 15 is 0 Å². The zero-order chi connectivity index (χ0) is 16.8. The first-order valence-corrected chi connectivity index (χ1v) is 9.51. The van der Waals surface area contributed by atoms with Crippen LogP contribution < -0.4 is 5.32 Å². The Morgan fingerprint density at radius 3 is 2.76 bits per heavy atom. The Labute approximate surface area is 169 Å². The summed E-state index contributed by atoms with van der Waals surface area (Å²) in [5.41, 5.74) is 0. The topological polar surface area (TPSA) is 48.7 Å². The van der Waals surface area contributed by atoms with Gasteiger partial charge in [-0.25, -0.2) is 4.98 Å². The maximum absolute atomic E-state index is 4.91. The summed E-state index contributed by atoms with van der Waals surface area (Å²) < 4.78 is 2.25. The van der Waals surface area contributed by atoms with Gasteiger partial charge >= 0.3 is 0 Å². The van der Waals surface area contributed by atoms with E-state index in [4.69, 9.17) is 4.99 Å². The minimum atomic E-state index is 0. The number of aromatic nitrogens is 2. The lowest BCUT2D eigenvalue weighted by Gasteiger charge is -2.39. The molecule has 0 aromatic carbocycles. The van der Waals surface area contributed by atoms with Gasteiger partial charge in [-0.3, -0.25) is 4.99 Å². The lowest BCUT2D eigenvalue weighted by atomic mass is 9.93. The van der Waals surface area contributed by atoms with Crippen LogP contribution in [0, 0.1) is 5.92 Å². The predicted molar refractivity (Wildman–Crippen MR) is 114 cm³/mol. The van der Waals surface area contributed by atoms with Crippen molar-refractivity contribution in [1.82, 2.24) is 24.7 Å². The van der Waals surface area contributed by atoms with E-state index in [9.17, 15) is 0 Å². The van der Waals surface area contributed by atoms with Crippen molar-refractivity contribution in [1.29, 1.82) is 0 Å². The Kier molecular flexibility index (Phi) is 8.48. The zero-order valence-electron chi connectivity index (χ0n) is 15.6. The number of likely N-dealkylation sites (tertiary alicyclic amines) is 2. The van der Waals surface area contributed by atoms with Crippen molar-refractivity contribution in [3.05, 3.63) is 18.7 Å². The van der Waals surface area contributed by atoms with Gasteiger partial charge in [0.05, 0.1) is 18.9 Å². The van der Waals surface area contributed by atoms with E-state index in [0.29, 0.717) is 12.0 Å². The average Bonchev–Trinajstić information content (AvgIpc) is 3.28. The van der Waals surface area contributed by atoms with E-state index in [1.807, 2.05) is 12.5 Å². The Balaban J connectivity index is 0.00000225. The number of aliphatic imine (C=N–C) groups is 1. The van der Waals surface area contributed by atoms with Gasteiger partial charge in [0, 0.05) is 38.6 Å². The predicted octanol–water partition coefficient (Wildman–Crippen LogP) is 2.45. The number of imidazole rings is 1. The molecule has 1 N–H and O–H groups in total. The molecule has 2 atom stereocenters. The molecule has 3 rings (SSSR count). The SMILES string of the molecule is CCNC(=NCCN1CCCC1)N1CCC(C)C(n2ccnc2)C1.I. The van der Waals surface area contributed by atoms with Crippen LogP contribution in [0.25, 0.3) is 0 Å². The molecular formula is C18H33IN6. The summed E-state index contributed by atoms with van der Waals surface area (Å²) >= 11 is 0. The van der Waals surface area contributed by atoms with Crippen LogP contribution >= 0.6 is 24.0 Å². The Bertz CT molecular complexity index is 512. The molecular weight excluding hydrogens is 427 g/mol. The van der Waals surface area contributed by atoms with E-state index < -0.39 is 0 Å². The average molecular weight is 460 g/mol. The van der Waals surface area contributed by atoms with Gasteiger partial charge in [0.2, 0.25) is 0 Å². The van der Waals surface area contributed by atoms with Crippen LogP contribution in [0.2, 0.25) is 0 Å². The van der Waals surface area contributed by atoms with Gasteiger partial charge in [0.25, 0.3) is 0 Å². The van der Waals surface area contributed by atoms with Gasteiger partial charge in [0.15, 0.2) is 5.96 Å². The van der Waals surface area contributed by atoms with E-state index in [0.717, 1.165) is 38.7 Å². The van der Waals surface area contributed by atoms with Crippen LogP contribution in [0.15, 0.2) is 23.7 Å². The maximum Gasteiger partial charge on any atom is 0.194 e. The molecule has 0 spiro atoms. The third-order valence-corrected chi connectivity index (χ3v) is 5.34. The molecule has 25 heavy (non-hydrogen) atoms. The molecule has 0 saturated carbocycles. The van der Waals surface area contributed by atoms with Gasteiger partial charge < -0.3 is 19.7 Å². The second-order valence-electron chi connectivity index (χ2n) is 7.07. The second-order valence-corrected chi connectivity index (χ2v) is 7.07. The summed E-state index contributed by atoms with van der Waals surface area (Å²) in [5.74, 6) is 1.75. The number of guanidine groups is 1. The van der Waals surface area contributed by atoms with E-state index in [-0.39, 0.29) is 24.0 Å². The molecule has 3 heterocycles. The highest BCUT2D eigenvalue weighted by Gasteiger charge is 2.28. The van der Waals surface area contributed by atoms with Crippen molar-refractivity contribution in [3.63, 3.8) is 0 Å². The molecule has 1 aromatic rings. The van der Waals surface area contributed by atoms with Gasteiger partial charge in [-0.05, 0) is 45.2 Å². The van der Waals surface area contributed by atoms with Crippen LogP contribution in [0.3, 0.4) is 0 Å². The van der Waals surface area contributed by atoms with Crippen molar-refractivity contribution in [2.75, 3.05) is 45.8 Å².